The number of anilines is 1. The van der Waals surface area contributed by atoms with Crippen LogP contribution in [0, 0.1) is 51.9 Å². The van der Waals surface area contributed by atoms with E-state index >= 15 is 0 Å². The van der Waals surface area contributed by atoms with Crippen LogP contribution < -0.4 is 10.6 Å². The summed E-state index contributed by atoms with van der Waals surface area (Å²) in [6, 6.07) is 17.3. The smallest absolute Gasteiger partial charge is 0.220 e. The predicted molar refractivity (Wildman–Crippen MR) is 89.2 cm³/mol. The van der Waals surface area contributed by atoms with Gasteiger partial charge < -0.3 is 5.73 Å². The third-order valence-electron chi connectivity index (χ3n) is 2.47. The van der Waals surface area contributed by atoms with Crippen molar-refractivity contribution < 1.29 is 0 Å². The molecule has 0 aliphatic heterocycles. The molecule has 0 aliphatic carbocycles. The number of rotatable bonds is 1. The molecular formula is C18H11N6+. The molecule has 0 spiro atoms. The first kappa shape index (κ1) is 17.7. The summed E-state index contributed by atoms with van der Waals surface area (Å²) in [5.41, 5.74) is 14.8. The van der Waals surface area contributed by atoms with E-state index in [1.165, 1.54) is 0 Å². The Morgan fingerprint density at radius 2 is 1.29 bits per heavy atom. The molecule has 2 aromatic rings. The van der Waals surface area contributed by atoms with Crippen LogP contribution in [0.1, 0.15) is 11.1 Å². The minimum Gasteiger partial charge on any atom is -0.399 e. The van der Waals surface area contributed by atoms with Crippen molar-refractivity contribution >= 4 is 11.4 Å². The Morgan fingerprint density at radius 1 is 0.833 bits per heavy atom. The molecule has 0 unspecified atom stereocenters. The molecule has 0 heterocycles. The van der Waals surface area contributed by atoms with Gasteiger partial charge >= 0.3 is 0 Å². The van der Waals surface area contributed by atoms with E-state index < -0.39 is 0 Å². The standard InChI is InChI=1S/C9H5N4.C9H6N2/c10-7-1-2-8-3-5-9(6-4-8)12-13-11;10-7-1-2-8-3-5-9(11)6-4-8/h3-6,11H;3-6H,11H2/q+1;. The van der Waals surface area contributed by atoms with Gasteiger partial charge in [-0.3, -0.25) is 0 Å². The van der Waals surface area contributed by atoms with Gasteiger partial charge in [0.05, 0.1) is 0 Å². The van der Waals surface area contributed by atoms with Gasteiger partial charge in [-0.2, -0.15) is 10.5 Å². The van der Waals surface area contributed by atoms with Gasteiger partial charge in [0.15, 0.2) is 22.9 Å². The lowest BCUT2D eigenvalue weighted by atomic mass is 10.2. The predicted octanol–water partition coefficient (Wildman–Crippen LogP) is 2.89. The number of nitrogens with zero attached hydrogens (tertiary/aromatic N) is 4. The van der Waals surface area contributed by atoms with E-state index in [2.05, 4.69) is 33.7 Å². The van der Waals surface area contributed by atoms with E-state index in [1.807, 2.05) is 0 Å². The van der Waals surface area contributed by atoms with Gasteiger partial charge in [-0.05, 0) is 48.5 Å². The summed E-state index contributed by atoms with van der Waals surface area (Å²) in [6.07, 6.45) is 0. The van der Waals surface area contributed by atoms with E-state index in [9.17, 15) is 0 Å². The molecule has 0 aromatic heterocycles. The topological polar surface area (TPSA) is 124 Å². The summed E-state index contributed by atoms with van der Waals surface area (Å²) < 4.78 is 0. The molecule has 6 heteroatoms. The number of nitrogens with one attached hydrogen (secondary N) is 1. The lowest BCUT2D eigenvalue weighted by Crippen LogP contribution is -1.82. The molecule has 0 atom stereocenters. The van der Waals surface area contributed by atoms with E-state index in [0.29, 0.717) is 11.4 Å². The number of benzene rings is 2. The molecule has 112 valence electrons. The SMILES string of the molecule is N#CC#Cc1ccc(N)cc1.N#CC#Cc1ccc(N=[N+]=N)cc1. The van der Waals surface area contributed by atoms with E-state index in [1.54, 1.807) is 60.7 Å². The highest BCUT2D eigenvalue weighted by atomic mass is 15.1. The van der Waals surface area contributed by atoms with Crippen molar-refractivity contribution in [1.29, 1.82) is 16.1 Å². The summed E-state index contributed by atoms with van der Waals surface area (Å²) in [6.45, 7) is 0. The van der Waals surface area contributed by atoms with Gasteiger partial charge in [-0.25, -0.2) is 0 Å². The van der Waals surface area contributed by atoms with Crippen LogP contribution in [0.25, 0.3) is 0 Å². The Labute approximate surface area is 139 Å². The lowest BCUT2D eigenvalue weighted by Gasteiger charge is -1.90. The molecule has 3 N–H and O–H groups in total. The Balaban J connectivity index is 0.000000243. The maximum atomic E-state index is 8.18. The van der Waals surface area contributed by atoms with Gasteiger partial charge in [0.2, 0.25) is 4.91 Å². The molecule has 0 radical (unpaired) electrons. The van der Waals surface area contributed by atoms with Crippen LogP contribution >= 0.6 is 0 Å². The van der Waals surface area contributed by atoms with Crippen LogP contribution in [0.5, 0.6) is 0 Å². The largest absolute Gasteiger partial charge is 0.399 e. The van der Waals surface area contributed by atoms with Crippen LogP contribution in [-0.2, 0) is 0 Å². The van der Waals surface area contributed by atoms with Crippen molar-refractivity contribution in [3.8, 4) is 35.8 Å². The second-order valence-electron chi connectivity index (χ2n) is 4.09. The first-order valence-electron chi connectivity index (χ1n) is 6.53. The van der Waals surface area contributed by atoms with Crippen molar-refractivity contribution in [3.63, 3.8) is 0 Å². The Bertz CT molecular complexity index is 930. The first-order chi connectivity index (χ1) is 11.7. The molecule has 2 aromatic carbocycles. The maximum absolute atomic E-state index is 8.18. The number of hydrogen-bond donors (Lipinski definition) is 2. The van der Waals surface area contributed by atoms with Crippen molar-refractivity contribution in [3.05, 3.63) is 59.7 Å². The van der Waals surface area contributed by atoms with Crippen LogP contribution in [0.4, 0.5) is 11.4 Å². The summed E-state index contributed by atoms with van der Waals surface area (Å²) in [5.74, 6) is 9.87. The van der Waals surface area contributed by atoms with Crippen molar-refractivity contribution in [2.75, 3.05) is 5.73 Å². The van der Waals surface area contributed by atoms with Crippen molar-refractivity contribution in [2.45, 2.75) is 0 Å². The normalized spacial score (nSPS) is 7.42. The van der Waals surface area contributed by atoms with Crippen molar-refractivity contribution in [2.24, 2.45) is 5.11 Å². The molecule has 6 nitrogen and oxygen atoms in total. The fourth-order valence-electron chi connectivity index (χ4n) is 1.44. The number of nitrogens with two attached hydrogens (primary N) is 1. The van der Waals surface area contributed by atoms with Gasteiger partial charge in [0.1, 0.15) is 5.53 Å². The summed E-state index contributed by atoms with van der Waals surface area (Å²) in [7, 11) is 0. The molecule has 0 fully saturated rings. The minimum absolute atomic E-state index is 0.595. The third-order valence-corrected chi connectivity index (χ3v) is 2.47. The third kappa shape index (κ3) is 6.89. The monoisotopic (exact) mass is 311 g/mol. The average molecular weight is 311 g/mol. The summed E-state index contributed by atoms with van der Waals surface area (Å²) in [5, 5.41) is 19.8. The zero-order valence-corrected chi connectivity index (χ0v) is 12.5. The lowest BCUT2D eigenvalue weighted by molar-refractivity contribution is 0.992. The van der Waals surface area contributed by atoms with Crippen LogP contribution in [0.3, 0.4) is 0 Å². The van der Waals surface area contributed by atoms with E-state index in [0.717, 1.165) is 11.1 Å². The van der Waals surface area contributed by atoms with Crippen LogP contribution in [0.15, 0.2) is 53.6 Å². The Kier molecular flexibility index (Phi) is 7.66. The van der Waals surface area contributed by atoms with E-state index in [-0.39, 0.29) is 0 Å². The quantitative estimate of drug-likeness (QED) is 0.364. The van der Waals surface area contributed by atoms with Gasteiger partial charge in [-0.1, -0.05) is 11.8 Å². The highest BCUT2D eigenvalue weighted by molar-refractivity contribution is 5.46. The number of nitriles is 2. The molecule has 0 aliphatic rings. The van der Waals surface area contributed by atoms with Crippen LogP contribution in [0.2, 0.25) is 0 Å². The fourth-order valence-corrected chi connectivity index (χ4v) is 1.44. The average Bonchev–Trinajstić information content (AvgIpc) is 2.61. The molecular weight excluding hydrogens is 300 g/mol. The highest BCUT2D eigenvalue weighted by Crippen LogP contribution is 2.10. The second-order valence-corrected chi connectivity index (χ2v) is 4.09. The fraction of sp³-hybridized carbons (Fsp3) is 0. The van der Waals surface area contributed by atoms with Gasteiger partial charge in [0, 0.05) is 28.7 Å². The molecule has 0 saturated heterocycles. The molecule has 24 heavy (non-hydrogen) atoms. The summed E-state index contributed by atoms with van der Waals surface area (Å²) >= 11 is 0. The minimum atomic E-state index is 0.595. The molecule has 0 saturated carbocycles. The van der Waals surface area contributed by atoms with E-state index in [4.69, 9.17) is 21.8 Å². The molecule has 0 amide bonds. The molecule has 0 bridgehead atoms. The Morgan fingerprint density at radius 3 is 1.71 bits per heavy atom. The van der Waals surface area contributed by atoms with Gasteiger partial charge in [-0.15, -0.1) is 0 Å². The maximum Gasteiger partial charge on any atom is 0.220 e. The first-order valence-corrected chi connectivity index (χ1v) is 6.53. The van der Waals surface area contributed by atoms with Gasteiger partial charge in [0.25, 0.3) is 0 Å². The summed E-state index contributed by atoms with van der Waals surface area (Å²) in [4.78, 5) is 2.88. The zero-order valence-electron chi connectivity index (χ0n) is 12.5. The Hall–Kier alpha value is -4.35. The highest BCUT2D eigenvalue weighted by Gasteiger charge is 1.93. The van der Waals surface area contributed by atoms with Crippen molar-refractivity contribution in [1.82, 2.24) is 4.91 Å². The molecule has 2 rings (SSSR count). The zero-order chi connectivity index (χ0) is 17.6. The number of nitrogen functional groups attached to an aromatic ring is 1. The number of hydrogen-bond acceptors (Lipinski definition) is 5. The van der Waals surface area contributed by atoms with Crippen LogP contribution in [-0.4, -0.2) is 0 Å². The second kappa shape index (κ2) is 10.4.